The van der Waals surface area contributed by atoms with Crippen molar-refractivity contribution in [1.82, 2.24) is 4.98 Å². The van der Waals surface area contributed by atoms with E-state index in [1.165, 1.54) is 25.7 Å². The van der Waals surface area contributed by atoms with Crippen molar-refractivity contribution in [3.8, 4) is 0 Å². The molecule has 0 amide bonds. The number of Topliss-reactive ketones (excluding diaryl/α,β-unsaturated/α-hetero) is 1. The van der Waals surface area contributed by atoms with E-state index in [9.17, 15) is 4.79 Å². The van der Waals surface area contributed by atoms with Crippen molar-refractivity contribution in [2.75, 3.05) is 18.0 Å². The number of rotatable bonds is 2. The van der Waals surface area contributed by atoms with Crippen LogP contribution in [0.4, 0.5) is 5.13 Å². The van der Waals surface area contributed by atoms with Gasteiger partial charge in [0.15, 0.2) is 10.9 Å². The van der Waals surface area contributed by atoms with E-state index in [2.05, 4.69) is 9.88 Å². The lowest BCUT2D eigenvalue weighted by molar-refractivity contribution is 0.102. The van der Waals surface area contributed by atoms with Crippen molar-refractivity contribution in [2.24, 2.45) is 11.8 Å². The summed E-state index contributed by atoms with van der Waals surface area (Å²) in [7, 11) is 0. The van der Waals surface area contributed by atoms with Crippen molar-refractivity contribution in [1.29, 1.82) is 0 Å². The summed E-state index contributed by atoms with van der Waals surface area (Å²) in [5, 5.41) is 1.06. The van der Waals surface area contributed by atoms with Crippen molar-refractivity contribution < 1.29 is 4.79 Å². The molecule has 98 valence electrons. The fourth-order valence-corrected chi connectivity index (χ4v) is 4.41. The molecule has 1 aromatic rings. The monoisotopic (exact) mass is 264 g/mol. The third-order valence-electron chi connectivity index (χ3n) is 4.22. The molecule has 4 heteroatoms. The lowest BCUT2D eigenvalue weighted by Gasteiger charge is -2.41. The minimum atomic E-state index is 0.147. The Labute approximate surface area is 112 Å². The fraction of sp³-hybridized carbons (Fsp3) is 0.714. The number of aromatic nitrogens is 1. The molecule has 2 atom stereocenters. The van der Waals surface area contributed by atoms with E-state index in [1.54, 1.807) is 18.3 Å². The first-order valence-electron chi connectivity index (χ1n) is 6.87. The van der Waals surface area contributed by atoms with Crippen LogP contribution < -0.4 is 4.90 Å². The molecular formula is C14H20N2OS. The van der Waals surface area contributed by atoms with Crippen LogP contribution in [0.25, 0.3) is 0 Å². The van der Waals surface area contributed by atoms with Crippen LogP contribution in [0.3, 0.4) is 0 Å². The van der Waals surface area contributed by atoms with Crippen LogP contribution in [0, 0.1) is 18.8 Å². The highest BCUT2D eigenvalue weighted by Gasteiger charge is 2.32. The molecule has 2 unspecified atom stereocenters. The van der Waals surface area contributed by atoms with Crippen molar-refractivity contribution in [2.45, 2.75) is 39.5 Å². The van der Waals surface area contributed by atoms with Gasteiger partial charge in [0.25, 0.3) is 0 Å². The van der Waals surface area contributed by atoms with Crippen LogP contribution in [0.5, 0.6) is 0 Å². The Morgan fingerprint density at radius 2 is 2.00 bits per heavy atom. The summed E-state index contributed by atoms with van der Waals surface area (Å²) < 4.78 is 0. The van der Waals surface area contributed by atoms with Gasteiger partial charge in [0, 0.05) is 20.0 Å². The van der Waals surface area contributed by atoms with Crippen LogP contribution in [-0.2, 0) is 0 Å². The quantitative estimate of drug-likeness (QED) is 0.769. The molecule has 3 nitrogen and oxygen atoms in total. The summed E-state index contributed by atoms with van der Waals surface area (Å²) in [6, 6.07) is 0. The summed E-state index contributed by atoms with van der Waals surface area (Å²) in [4.78, 5) is 19.4. The Hall–Kier alpha value is -0.900. The Morgan fingerprint density at radius 3 is 2.56 bits per heavy atom. The highest BCUT2D eigenvalue weighted by Crippen LogP contribution is 2.37. The maximum absolute atomic E-state index is 11.5. The lowest BCUT2D eigenvalue weighted by atomic mass is 9.78. The predicted octanol–water partition coefficient (Wildman–Crippen LogP) is 3.28. The second kappa shape index (κ2) is 4.65. The van der Waals surface area contributed by atoms with E-state index in [1.807, 2.05) is 6.92 Å². The van der Waals surface area contributed by atoms with E-state index in [4.69, 9.17) is 0 Å². The molecule has 2 heterocycles. The minimum Gasteiger partial charge on any atom is -0.348 e. The maximum atomic E-state index is 11.5. The topological polar surface area (TPSA) is 33.2 Å². The first-order valence-corrected chi connectivity index (χ1v) is 7.68. The number of anilines is 1. The van der Waals surface area contributed by atoms with Gasteiger partial charge in [-0.2, -0.15) is 0 Å². The molecule has 0 aromatic carbocycles. The summed E-state index contributed by atoms with van der Waals surface area (Å²) >= 11 is 1.58. The van der Waals surface area contributed by atoms with Crippen LogP contribution in [0.1, 0.15) is 48.0 Å². The van der Waals surface area contributed by atoms with Crippen molar-refractivity contribution in [3.63, 3.8) is 0 Å². The molecule has 2 aliphatic rings. The Morgan fingerprint density at radius 1 is 1.33 bits per heavy atom. The number of ketones is 1. The molecule has 18 heavy (non-hydrogen) atoms. The largest absolute Gasteiger partial charge is 0.348 e. The Balaban J connectivity index is 1.82. The number of piperidine rings is 1. The molecule has 1 aliphatic carbocycles. The van der Waals surface area contributed by atoms with Crippen molar-refractivity contribution >= 4 is 22.3 Å². The molecule has 1 saturated heterocycles. The number of aryl methyl sites for hydroxylation is 1. The van der Waals surface area contributed by atoms with Gasteiger partial charge in [0.05, 0.1) is 10.6 Å². The Kier molecular flexibility index (Phi) is 3.14. The van der Waals surface area contributed by atoms with Gasteiger partial charge in [-0.3, -0.25) is 4.79 Å². The summed E-state index contributed by atoms with van der Waals surface area (Å²) in [6.45, 7) is 5.86. The number of nitrogens with zero attached hydrogens (tertiary/aromatic N) is 2. The molecule has 0 radical (unpaired) electrons. The minimum absolute atomic E-state index is 0.147. The Bertz CT molecular complexity index is 456. The second-order valence-corrected chi connectivity index (χ2v) is 6.75. The predicted molar refractivity (Wildman–Crippen MR) is 74.5 cm³/mol. The molecule has 3 rings (SSSR count). The maximum Gasteiger partial charge on any atom is 0.186 e. The zero-order valence-corrected chi connectivity index (χ0v) is 11.9. The fourth-order valence-electron chi connectivity index (χ4n) is 3.43. The van der Waals surface area contributed by atoms with Gasteiger partial charge < -0.3 is 4.90 Å². The third-order valence-corrected chi connectivity index (χ3v) is 5.54. The van der Waals surface area contributed by atoms with Gasteiger partial charge >= 0.3 is 0 Å². The number of carbonyl (C=O) groups is 1. The first-order chi connectivity index (χ1) is 8.63. The van der Waals surface area contributed by atoms with Gasteiger partial charge in [0.2, 0.25) is 0 Å². The van der Waals surface area contributed by atoms with Gasteiger partial charge in [-0.15, -0.1) is 0 Å². The lowest BCUT2D eigenvalue weighted by Crippen LogP contribution is -2.42. The van der Waals surface area contributed by atoms with Crippen LogP contribution in [-0.4, -0.2) is 23.9 Å². The number of thiazole rings is 1. The smallest absolute Gasteiger partial charge is 0.186 e. The molecule has 2 bridgehead atoms. The van der Waals surface area contributed by atoms with E-state index < -0.39 is 0 Å². The van der Waals surface area contributed by atoms with Gasteiger partial charge in [0.1, 0.15) is 0 Å². The molecule has 0 N–H and O–H groups in total. The molecular weight excluding hydrogens is 244 g/mol. The molecule has 2 fully saturated rings. The van der Waals surface area contributed by atoms with E-state index in [0.717, 1.165) is 40.6 Å². The number of hydrogen-bond donors (Lipinski definition) is 0. The third kappa shape index (κ3) is 2.18. The van der Waals surface area contributed by atoms with Crippen LogP contribution >= 0.6 is 11.3 Å². The average molecular weight is 264 g/mol. The SMILES string of the molecule is CC(=O)c1sc(N2CC3CCCC(C3)C2)nc1C. The first kappa shape index (κ1) is 12.2. The number of fused-ring (bicyclic) bond motifs is 2. The molecule has 0 spiro atoms. The second-order valence-electron chi connectivity index (χ2n) is 5.77. The van der Waals surface area contributed by atoms with E-state index in [-0.39, 0.29) is 5.78 Å². The van der Waals surface area contributed by atoms with E-state index >= 15 is 0 Å². The summed E-state index contributed by atoms with van der Waals surface area (Å²) in [6.07, 6.45) is 5.55. The van der Waals surface area contributed by atoms with Crippen LogP contribution in [0.15, 0.2) is 0 Å². The van der Waals surface area contributed by atoms with Crippen molar-refractivity contribution in [3.05, 3.63) is 10.6 Å². The van der Waals surface area contributed by atoms with Gasteiger partial charge in [-0.1, -0.05) is 17.8 Å². The normalized spacial score (nSPS) is 27.3. The molecule has 1 aliphatic heterocycles. The van der Waals surface area contributed by atoms with Gasteiger partial charge in [-0.05, 0) is 38.0 Å². The molecule has 1 saturated carbocycles. The van der Waals surface area contributed by atoms with Crippen LogP contribution in [0.2, 0.25) is 0 Å². The summed E-state index contributed by atoms with van der Waals surface area (Å²) in [5.74, 6) is 1.85. The van der Waals surface area contributed by atoms with E-state index in [0.29, 0.717) is 0 Å². The highest BCUT2D eigenvalue weighted by atomic mass is 32.1. The van der Waals surface area contributed by atoms with Gasteiger partial charge in [-0.25, -0.2) is 4.98 Å². The number of carbonyl (C=O) groups excluding carboxylic acids is 1. The molecule has 1 aromatic heterocycles. The zero-order valence-electron chi connectivity index (χ0n) is 11.1. The summed E-state index contributed by atoms with van der Waals surface area (Å²) in [5.41, 5.74) is 0.901. The zero-order chi connectivity index (χ0) is 12.7. The number of hydrogen-bond acceptors (Lipinski definition) is 4. The standard InChI is InChI=1S/C14H20N2OS/c1-9-13(10(2)17)18-14(15-9)16-7-11-4-3-5-12(6-11)8-16/h11-12H,3-8H2,1-2H3. The average Bonchev–Trinajstić information content (AvgIpc) is 2.71. The highest BCUT2D eigenvalue weighted by molar-refractivity contribution is 7.17.